The van der Waals surface area contributed by atoms with Crippen LogP contribution in [0.15, 0.2) is 10.7 Å². The summed E-state index contributed by atoms with van der Waals surface area (Å²) in [6.45, 7) is 2.72. The lowest BCUT2D eigenvalue weighted by Gasteiger charge is -2.01. The van der Waals surface area contributed by atoms with Crippen LogP contribution in [0.1, 0.15) is 16.1 Å². The number of nitrogens with zero attached hydrogens (tertiary/aromatic N) is 1. The van der Waals surface area contributed by atoms with Crippen molar-refractivity contribution in [3.63, 3.8) is 0 Å². The van der Waals surface area contributed by atoms with Crippen molar-refractivity contribution in [2.24, 2.45) is 0 Å². The first-order valence-corrected chi connectivity index (χ1v) is 3.94. The zero-order valence-corrected chi connectivity index (χ0v) is 7.66. The van der Waals surface area contributed by atoms with Gasteiger partial charge in [-0.1, -0.05) is 5.16 Å². The number of ether oxygens (including phenoxy) is 1. The Labute approximate surface area is 76.0 Å². The predicted octanol–water partition coefficient (Wildman–Crippen LogP) is 0.359. The highest BCUT2D eigenvalue weighted by molar-refractivity contribution is 5.92. The van der Waals surface area contributed by atoms with Crippen LogP contribution >= 0.6 is 0 Å². The van der Waals surface area contributed by atoms with Crippen molar-refractivity contribution in [2.75, 3.05) is 20.3 Å². The minimum atomic E-state index is -0.257. The quantitative estimate of drug-likeness (QED) is 0.686. The third-order valence-electron chi connectivity index (χ3n) is 1.55. The third-order valence-corrected chi connectivity index (χ3v) is 1.55. The van der Waals surface area contributed by atoms with Gasteiger partial charge in [-0.3, -0.25) is 4.79 Å². The topological polar surface area (TPSA) is 64.4 Å². The lowest BCUT2D eigenvalue weighted by molar-refractivity contribution is 0.0899. The maximum Gasteiger partial charge on any atom is 0.290 e. The smallest absolute Gasteiger partial charge is 0.290 e. The van der Waals surface area contributed by atoms with E-state index in [1.807, 2.05) is 0 Å². The molecule has 0 saturated heterocycles. The molecule has 0 fully saturated rings. The normalized spacial score (nSPS) is 10.0. The SMILES string of the molecule is COCCNC(=O)c1oncc1C. The second-order valence-corrected chi connectivity index (χ2v) is 2.59. The van der Waals surface area contributed by atoms with Crippen LogP contribution in [0.5, 0.6) is 0 Å². The number of rotatable bonds is 4. The summed E-state index contributed by atoms with van der Waals surface area (Å²) in [5, 5.41) is 6.13. The van der Waals surface area contributed by atoms with Gasteiger partial charge in [-0.2, -0.15) is 0 Å². The molecule has 0 spiro atoms. The Hall–Kier alpha value is -1.36. The standard InChI is InChI=1S/C8H12N2O3/c1-6-5-10-13-7(6)8(11)9-3-4-12-2/h5H,3-4H2,1-2H3,(H,9,11). The van der Waals surface area contributed by atoms with E-state index in [0.29, 0.717) is 13.2 Å². The number of hydrogen-bond acceptors (Lipinski definition) is 4. The Kier molecular flexibility index (Phi) is 3.45. The van der Waals surface area contributed by atoms with Gasteiger partial charge in [0.1, 0.15) is 0 Å². The first-order valence-electron chi connectivity index (χ1n) is 3.94. The third kappa shape index (κ3) is 2.55. The minimum absolute atomic E-state index is 0.257. The van der Waals surface area contributed by atoms with Crippen LogP contribution in [0, 0.1) is 6.92 Å². The molecule has 72 valence electrons. The van der Waals surface area contributed by atoms with Crippen molar-refractivity contribution in [1.29, 1.82) is 0 Å². The van der Waals surface area contributed by atoms with Gasteiger partial charge in [0.2, 0.25) is 5.76 Å². The van der Waals surface area contributed by atoms with Crippen LogP contribution in [0.2, 0.25) is 0 Å². The van der Waals surface area contributed by atoms with Gasteiger partial charge < -0.3 is 14.6 Å². The molecule has 5 heteroatoms. The van der Waals surface area contributed by atoms with E-state index in [1.165, 1.54) is 6.20 Å². The van der Waals surface area contributed by atoms with Gasteiger partial charge in [0.25, 0.3) is 5.91 Å². The van der Waals surface area contributed by atoms with Crippen LogP contribution in [0.4, 0.5) is 0 Å². The van der Waals surface area contributed by atoms with Gasteiger partial charge >= 0.3 is 0 Å². The molecule has 0 bridgehead atoms. The van der Waals surface area contributed by atoms with Gasteiger partial charge in [-0.25, -0.2) is 0 Å². The molecule has 0 saturated carbocycles. The number of nitrogens with one attached hydrogen (secondary N) is 1. The molecular weight excluding hydrogens is 172 g/mol. The highest BCUT2D eigenvalue weighted by Crippen LogP contribution is 2.04. The molecule has 0 aliphatic carbocycles. The lowest BCUT2D eigenvalue weighted by Crippen LogP contribution is -2.27. The molecule has 1 N–H and O–H groups in total. The molecule has 0 atom stereocenters. The average Bonchev–Trinajstić information content (AvgIpc) is 2.52. The van der Waals surface area contributed by atoms with Crippen LogP contribution in [0.3, 0.4) is 0 Å². The van der Waals surface area contributed by atoms with Gasteiger partial charge in [0, 0.05) is 19.2 Å². The average molecular weight is 184 g/mol. The zero-order chi connectivity index (χ0) is 9.68. The second kappa shape index (κ2) is 4.61. The summed E-state index contributed by atoms with van der Waals surface area (Å²) in [7, 11) is 1.58. The maximum atomic E-state index is 11.3. The molecule has 0 aromatic carbocycles. The largest absolute Gasteiger partial charge is 0.383 e. The summed E-state index contributed by atoms with van der Waals surface area (Å²) in [5.41, 5.74) is 0.731. The molecule has 1 aromatic heterocycles. The zero-order valence-electron chi connectivity index (χ0n) is 7.66. The van der Waals surface area contributed by atoms with Crippen molar-refractivity contribution in [1.82, 2.24) is 10.5 Å². The van der Waals surface area contributed by atoms with E-state index < -0.39 is 0 Å². The first kappa shape index (κ1) is 9.73. The van der Waals surface area contributed by atoms with Crippen LogP contribution in [0.25, 0.3) is 0 Å². The molecule has 1 heterocycles. The summed E-state index contributed by atoms with van der Waals surface area (Å²) >= 11 is 0. The summed E-state index contributed by atoms with van der Waals surface area (Å²) in [6, 6.07) is 0. The maximum absolute atomic E-state index is 11.3. The Morgan fingerprint density at radius 1 is 1.77 bits per heavy atom. The van der Waals surface area contributed by atoms with E-state index in [2.05, 4.69) is 10.5 Å². The summed E-state index contributed by atoms with van der Waals surface area (Å²) in [4.78, 5) is 11.3. The van der Waals surface area contributed by atoms with Crippen LogP contribution < -0.4 is 5.32 Å². The van der Waals surface area contributed by atoms with Gasteiger partial charge in [0.15, 0.2) is 0 Å². The van der Waals surface area contributed by atoms with Crippen LogP contribution in [-0.4, -0.2) is 31.3 Å². The fraction of sp³-hybridized carbons (Fsp3) is 0.500. The van der Waals surface area contributed by atoms with E-state index in [4.69, 9.17) is 9.26 Å². The van der Waals surface area contributed by atoms with Crippen molar-refractivity contribution in [2.45, 2.75) is 6.92 Å². The molecule has 1 rings (SSSR count). The molecule has 0 aliphatic rings. The lowest BCUT2D eigenvalue weighted by atomic mass is 10.3. The minimum Gasteiger partial charge on any atom is -0.383 e. The number of amides is 1. The number of aryl methyl sites for hydroxylation is 1. The van der Waals surface area contributed by atoms with Crippen molar-refractivity contribution in [3.05, 3.63) is 17.5 Å². The van der Waals surface area contributed by atoms with Gasteiger partial charge in [-0.05, 0) is 6.92 Å². The summed E-state index contributed by atoms with van der Waals surface area (Å²) in [5.74, 6) is 0.00292. The van der Waals surface area contributed by atoms with Crippen molar-refractivity contribution < 1.29 is 14.1 Å². The van der Waals surface area contributed by atoms with E-state index in [9.17, 15) is 4.79 Å². The Bertz CT molecular complexity index is 283. The van der Waals surface area contributed by atoms with E-state index in [1.54, 1.807) is 14.0 Å². The molecule has 0 unspecified atom stereocenters. The molecule has 5 nitrogen and oxygen atoms in total. The number of carbonyl (C=O) groups is 1. The van der Waals surface area contributed by atoms with Crippen LogP contribution in [-0.2, 0) is 4.74 Å². The van der Waals surface area contributed by atoms with E-state index >= 15 is 0 Å². The highest BCUT2D eigenvalue weighted by atomic mass is 16.5. The number of methoxy groups -OCH3 is 1. The number of carbonyl (C=O) groups excluding carboxylic acids is 1. The molecule has 1 amide bonds. The second-order valence-electron chi connectivity index (χ2n) is 2.59. The fourth-order valence-corrected chi connectivity index (χ4v) is 0.856. The Balaban J connectivity index is 2.45. The summed E-state index contributed by atoms with van der Waals surface area (Å²) in [6.07, 6.45) is 1.51. The monoisotopic (exact) mass is 184 g/mol. The highest BCUT2D eigenvalue weighted by Gasteiger charge is 2.12. The Morgan fingerprint density at radius 2 is 2.54 bits per heavy atom. The van der Waals surface area contributed by atoms with Gasteiger partial charge in [0.05, 0.1) is 12.8 Å². The first-order chi connectivity index (χ1) is 6.25. The van der Waals surface area contributed by atoms with E-state index in [-0.39, 0.29) is 11.7 Å². The number of hydrogen-bond donors (Lipinski definition) is 1. The Morgan fingerprint density at radius 3 is 3.08 bits per heavy atom. The molecule has 13 heavy (non-hydrogen) atoms. The predicted molar refractivity (Wildman–Crippen MR) is 45.4 cm³/mol. The molecule has 0 aliphatic heterocycles. The molecule has 1 aromatic rings. The van der Waals surface area contributed by atoms with Crippen molar-refractivity contribution >= 4 is 5.91 Å². The fourth-order valence-electron chi connectivity index (χ4n) is 0.856. The van der Waals surface area contributed by atoms with Gasteiger partial charge in [-0.15, -0.1) is 0 Å². The summed E-state index contributed by atoms with van der Waals surface area (Å²) < 4.78 is 9.53. The molecule has 0 radical (unpaired) electrons. The number of aromatic nitrogens is 1. The van der Waals surface area contributed by atoms with Crippen molar-refractivity contribution in [3.8, 4) is 0 Å². The molecular formula is C8H12N2O3. The van der Waals surface area contributed by atoms with E-state index in [0.717, 1.165) is 5.56 Å².